The Morgan fingerprint density at radius 2 is 1.78 bits per heavy atom. The molecule has 1 aliphatic heterocycles. The van der Waals surface area contributed by atoms with Gasteiger partial charge in [-0.2, -0.15) is 0 Å². The lowest BCUT2D eigenvalue weighted by atomic mass is 9.93. The maximum atomic E-state index is 12.9. The summed E-state index contributed by atoms with van der Waals surface area (Å²) in [5, 5.41) is 10.8. The van der Waals surface area contributed by atoms with Crippen LogP contribution in [0.1, 0.15) is 44.9 Å². The molecule has 1 aromatic carbocycles. The van der Waals surface area contributed by atoms with E-state index in [9.17, 15) is 14.9 Å². The number of non-ortho nitro benzene ring substituents is 1. The molecule has 1 heterocycles. The van der Waals surface area contributed by atoms with Crippen LogP contribution in [0.2, 0.25) is 0 Å². The number of rotatable bonds is 4. The van der Waals surface area contributed by atoms with Crippen molar-refractivity contribution in [2.75, 3.05) is 11.5 Å². The second-order valence-corrected chi connectivity index (χ2v) is 6.28. The summed E-state index contributed by atoms with van der Waals surface area (Å²) in [5.74, 6) is 0.00301. The Morgan fingerprint density at radius 3 is 2.35 bits per heavy atom. The van der Waals surface area contributed by atoms with Crippen LogP contribution in [0, 0.1) is 10.1 Å². The Hall–Kier alpha value is -1.95. The average Bonchev–Trinajstić information content (AvgIpc) is 3.11. The van der Waals surface area contributed by atoms with E-state index in [0.29, 0.717) is 6.61 Å². The maximum Gasteiger partial charge on any atom is 0.269 e. The van der Waals surface area contributed by atoms with Crippen molar-refractivity contribution in [2.45, 2.75) is 57.1 Å². The molecule has 1 aliphatic carbocycles. The maximum absolute atomic E-state index is 12.9. The van der Waals surface area contributed by atoms with E-state index < -0.39 is 4.92 Å². The molecule has 0 bridgehead atoms. The van der Waals surface area contributed by atoms with Gasteiger partial charge in [-0.25, -0.2) is 0 Å². The standard InChI is InChI=1S/C17H22N2O4/c20-17(16-7-4-12-23-16)18(13-5-2-1-3-6-13)14-8-10-15(11-9-14)19(21)22/h8-11,13,16H,1-7,12H2/t16-/m1/s1. The number of amides is 1. The van der Waals surface area contributed by atoms with Crippen LogP contribution in [0.3, 0.4) is 0 Å². The van der Waals surface area contributed by atoms with Crippen molar-refractivity contribution >= 4 is 17.3 Å². The number of carbonyl (C=O) groups is 1. The summed E-state index contributed by atoms with van der Waals surface area (Å²) in [7, 11) is 0. The first kappa shape index (κ1) is 15.9. The highest BCUT2D eigenvalue weighted by molar-refractivity contribution is 5.97. The highest BCUT2D eigenvalue weighted by atomic mass is 16.6. The fourth-order valence-corrected chi connectivity index (χ4v) is 3.52. The van der Waals surface area contributed by atoms with Gasteiger partial charge in [0.1, 0.15) is 6.10 Å². The van der Waals surface area contributed by atoms with Gasteiger partial charge in [-0.1, -0.05) is 19.3 Å². The van der Waals surface area contributed by atoms with Crippen LogP contribution in [-0.2, 0) is 9.53 Å². The van der Waals surface area contributed by atoms with Crippen LogP contribution in [0.4, 0.5) is 11.4 Å². The van der Waals surface area contributed by atoms with Crippen molar-refractivity contribution in [3.05, 3.63) is 34.4 Å². The van der Waals surface area contributed by atoms with Gasteiger partial charge >= 0.3 is 0 Å². The zero-order chi connectivity index (χ0) is 16.2. The van der Waals surface area contributed by atoms with E-state index in [4.69, 9.17) is 4.74 Å². The van der Waals surface area contributed by atoms with Crippen molar-refractivity contribution in [2.24, 2.45) is 0 Å². The van der Waals surface area contributed by atoms with Crippen LogP contribution in [0.15, 0.2) is 24.3 Å². The molecule has 0 aromatic heterocycles. The highest BCUT2D eigenvalue weighted by Crippen LogP contribution is 2.30. The zero-order valence-electron chi connectivity index (χ0n) is 13.1. The molecule has 0 radical (unpaired) electrons. The van der Waals surface area contributed by atoms with Crippen LogP contribution in [0.5, 0.6) is 0 Å². The summed E-state index contributed by atoms with van der Waals surface area (Å²) in [5.41, 5.74) is 0.782. The lowest BCUT2D eigenvalue weighted by molar-refractivity contribution is -0.384. The Morgan fingerprint density at radius 1 is 1.09 bits per heavy atom. The van der Waals surface area contributed by atoms with Crippen LogP contribution < -0.4 is 4.90 Å². The Labute approximate surface area is 135 Å². The third-order valence-corrected chi connectivity index (χ3v) is 4.72. The quantitative estimate of drug-likeness (QED) is 0.629. The number of hydrogen-bond donors (Lipinski definition) is 0. The molecule has 0 unspecified atom stereocenters. The molecule has 1 amide bonds. The third-order valence-electron chi connectivity index (χ3n) is 4.72. The molecule has 1 aromatic rings. The Balaban J connectivity index is 1.86. The van der Waals surface area contributed by atoms with Gasteiger partial charge in [0, 0.05) is 30.5 Å². The fourth-order valence-electron chi connectivity index (χ4n) is 3.52. The molecule has 23 heavy (non-hydrogen) atoms. The Kier molecular flexibility index (Phi) is 4.91. The molecule has 1 saturated heterocycles. The minimum absolute atomic E-state index is 0.00301. The summed E-state index contributed by atoms with van der Waals surface area (Å²) >= 11 is 0. The van der Waals surface area contributed by atoms with Gasteiger partial charge in [0.15, 0.2) is 0 Å². The average molecular weight is 318 g/mol. The van der Waals surface area contributed by atoms with E-state index in [1.807, 2.05) is 4.90 Å². The molecular weight excluding hydrogens is 296 g/mol. The smallest absolute Gasteiger partial charge is 0.269 e. The van der Waals surface area contributed by atoms with Crippen molar-refractivity contribution in [1.29, 1.82) is 0 Å². The number of anilines is 1. The van der Waals surface area contributed by atoms with Gasteiger partial charge in [0.2, 0.25) is 0 Å². The van der Waals surface area contributed by atoms with Gasteiger partial charge < -0.3 is 9.64 Å². The first-order valence-electron chi connectivity index (χ1n) is 8.36. The van der Waals surface area contributed by atoms with Crippen LogP contribution >= 0.6 is 0 Å². The second kappa shape index (κ2) is 7.08. The van der Waals surface area contributed by atoms with E-state index >= 15 is 0 Å². The molecule has 124 valence electrons. The Bertz CT molecular complexity index is 560. The number of benzene rings is 1. The molecule has 0 N–H and O–H groups in total. The van der Waals surface area contributed by atoms with Crippen LogP contribution in [0.25, 0.3) is 0 Å². The van der Waals surface area contributed by atoms with Crippen LogP contribution in [-0.4, -0.2) is 29.6 Å². The van der Waals surface area contributed by atoms with E-state index in [-0.39, 0.29) is 23.7 Å². The van der Waals surface area contributed by atoms with Crippen molar-refractivity contribution in [3.8, 4) is 0 Å². The molecule has 2 aliphatic rings. The molecule has 6 heteroatoms. The van der Waals surface area contributed by atoms with E-state index in [1.165, 1.54) is 18.6 Å². The molecule has 2 fully saturated rings. The molecule has 1 saturated carbocycles. The van der Waals surface area contributed by atoms with E-state index in [2.05, 4.69) is 0 Å². The minimum Gasteiger partial charge on any atom is -0.368 e. The second-order valence-electron chi connectivity index (χ2n) is 6.28. The summed E-state index contributed by atoms with van der Waals surface area (Å²) in [4.78, 5) is 25.2. The topological polar surface area (TPSA) is 72.7 Å². The molecule has 6 nitrogen and oxygen atoms in total. The van der Waals surface area contributed by atoms with Gasteiger partial charge in [-0.15, -0.1) is 0 Å². The normalized spacial score (nSPS) is 22.0. The van der Waals surface area contributed by atoms with Gasteiger partial charge in [-0.05, 0) is 37.8 Å². The number of ether oxygens (including phenoxy) is 1. The number of hydrogen-bond acceptors (Lipinski definition) is 4. The zero-order valence-corrected chi connectivity index (χ0v) is 13.1. The van der Waals surface area contributed by atoms with Gasteiger partial charge in [0.25, 0.3) is 11.6 Å². The van der Waals surface area contributed by atoms with Crippen molar-refractivity contribution < 1.29 is 14.5 Å². The van der Waals surface area contributed by atoms with Gasteiger partial charge in [-0.3, -0.25) is 14.9 Å². The van der Waals surface area contributed by atoms with E-state index in [1.54, 1.807) is 12.1 Å². The van der Waals surface area contributed by atoms with Gasteiger partial charge in [0.05, 0.1) is 4.92 Å². The summed E-state index contributed by atoms with van der Waals surface area (Å²) in [6.07, 6.45) is 6.71. The highest BCUT2D eigenvalue weighted by Gasteiger charge is 2.34. The van der Waals surface area contributed by atoms with Crippen molar-refractivity contribution in [3.63, 3.8) is 0 Å². The molecular formula is C17H22N2O4. The summed E-state index contributed by atoms with van der Waals surface area (Å²) < 4.78 is 5.57. The van der Waals surface area contributed by atoms with E-state index in [0.717, 1.165) is 44.2 Å². The summed E-state index contributed by atoms with van der Waals surface area (Å²) in [6, 6.07) is 6.46. The monoisotopic (exact) mass is 318 g/mol. The SMILES string of the molecule is O=C([C@H]1CCCO1)N(c1ccc([N+](=O)[O-])cc1)C1CCCCC1. The first-order valence-corrected chi connectivity index (χ1v) is 8.36. The molecule has 3 rings (SSSR count). The predicted octanol–water partition coefficient (Wildman–Crippen LogP) is 3.44. The number of nitro groups is 1. The first-order chi connectivity index (χ1) is 11.2. The third kappa shape index (κ3) is 3.52. The number of nitro benzene ring substituents is 1. The lowest BCUT2D eigenvalue weighted by Crippen LogP contribution is -2.46. The number of carbonyl (C=O) groups excluding carboxylic acids is 1. The molecule has 0 spiro atoms. The molecule has 1 atom stereocenters. The minimum atomic E-state index is -0.420. The summed E-state index contributed by atoms with van der Waals surface area (Å²) in [6.45, 7) is 0.634. The van der Waals surface area contributed by atoms with Crippen molar-refractivity contribution in [1.82, 2.24) is 0 Å². The number of nitrogens with zero attached hydrogens (tertiary/aromatic N) is 2. The fraction of sp³-hybridized carbons (Fsp3) is 0.588. The predicted molar refractivity (Wildman–Crippen MR) is 86.4 cm³/mol. The lowest BCUT2D eigenvalue weighted by Gasteiger charge is -2.35. The largest absolute Gasteiger partial charge is 0.368 e.